The number of unbranched alkanes of at least 4 members (excludes halogenated alkanes) is 1. The van der Waals surface area contributed by atoms with Crippen LogP contribution in [0.1, 0.15) is 153 Å². The second kappa shape index (κ2) is 49.6. The molecule has 19 nitrogen and oxygen atoms in total. The molecule has 5 rings (SSSR count). The van der Waals surface area contributed by atoms with E-state index in [-0.39, 0.29) is 29.2 Å². The number of amides is 2. The van der Waals surface area contributed by atoms with Gasteiger partial charge in [0.15, 0.2) is 17.3 Å². The minimum atomic E-state index is -0.125. The number of benzene rings is 5. The van der Waals surface area contributed by atoms with E-state index in [0.29, 0.717) is 93.0 Å². The smallest absolute Gasteiger partial charge is 0.251 e. The second-order valence-corrected chi connectivity index (χ2v) is 23.0. The van der Waals surface area contributed by atoms with Gasteiger partial charge in [0.05, 0.1) is 26.2 Å². The summed E-state index contributed by atoms with van der Waals surface area (Å²) in [5.74, 6) is 0.0548. The zero-order chi connectivity index (χ0) is 68.5. The monoisotopic (exact) mass is 1300 g/mol. The van der Waals surface area contributed by atoms with Gasteiger partial charge >= 0.3 is 0 Å². The topological polar surface area (TPSA) is 220 Å². The van der Waals surface area contributed by atoms with Crippen molar-refractivity contribution in [2.24, 2.45) is 25.0 Å². The fraction of sp³-hybridized carbons (Fsp3) is 0.474. The minimum Gasteiger partial charge on any atom is -0.351 e. The van der Waals surface area contributed by atoms with E-state index in [1.807, 2.05) is 194 Å². The quantitative estimate of drug-likeness (QED) is 0.0182. The number of nitrogens with zero attached hydrogens (tertiary/aromatic N) is 9. The number of Topliss-reactive ketones (excluding diaryl/α,β-unsaturated/α-hetero) is 3. The number of ketones is 3. The Kier molecular flexibility index (Phi) is 41.6. The normalized spacial score (nSPS) is 11.8. The molecule has 0 aromatic heterocycles. The lowest BCUT2D eigenvalue weighted by Crippen LogP contribution is -2.38. The van der Waals surface area contributed by atoms with E-state index in [0.717, 1.165) is 145 Å². The molecule has 95 heavy (non-hydrogen) atoms. The molecule has 5 aromatic rings. The average molecular weight is 1300 g/mol. The second-order valence-electron chi connectivity index (χ2n) is 23.0. The van der Waals surface area contributed by atoms with Crippen LogP contribution in [-0.2, 0) is 0 Å². The van der Waals surface area contributed by atoms with Crippen molar-refractivity contribution in [1.29, 1.82) is 0 Å². The molecule has 0 radical (unpaired) electrons. The number of hydrogen-bond donors (Lipinski definition) is 5. The molecule has 5 aromatic carbocycles. The van der Waals surface area contributed by atoms with Crippen molar-refractivity contribution in [1.82, 2.24) is 46.2 Å². The molecule has 2 amide bonds. The first kappa shape index (κ1) is 79.6. The molecule has 0 aliphatic carbocycles. The molecule has 0 saturated carbocycles. The van der Waals surface area contributed by atoms with Crippen molar-refractivity contribution in [2.45, 2.75) is 73.1 Å². The van der Waals surface area contributed by atoms with Crippen LogP contribution in [-0.4, -0.2) is 245 Å². The largest absolute Gasteiger partial charge is 0.351 e. The Balaban J connectivity index is 0.00000951. The van der Waals surface area contributed by atoms with E-state index in [2.05, 4.69) is 68.1 Å². The van der Waals surface area contributed by atoms with Crippen molar-refractivity contribution in [3.63, 3.8) is 0 Å². The van der Waals surface area contributed by atoms with E-state index in [1.54, 1.807) is 6.92 Å². The Hall–Kier alpha value is -7.88. The number of hydrogen-bond acceptors (Lipinski definition) is 17. The van der Waals surface area contributed by atoms with Crippen LogP contribution < -0.4 is 26.6 Å². The molecule has 0 atom stereocenters. The number of likely N-dealkylation sites (N-methyl/N-ethyl adjacent to an activating group) is 3. The van der Waals surface area contributed by atoms with Crippen LogP contribution in [0.15, 0.2) is 146 Å². The number of aliphatic imine (C=N–C) groups is 5. The lowest BCUT2D eigenvalue weighted by Gasteiger charge is -2.22. The zero-order valence-electron chi connectivity index (χ0n) is 58.3. The molecule has 0 heterocycles. The fourth-order valence-electron chi connectivity index (χ4n) is 10.0. The SMILES string of the molecule is CC.CCCCN(CCCC(=O)c1ccc(C=NCCN(CCN=Cc2ccc(C(C)=O)cc2)CCNC)cc1)CCNC(=O)c1ccc(C=NCCN(CCN=Cc2ccc(C(=O)NCCN(CCCC(=O)c3ccc(C=NCC)cc3)CCNC)cc2)CCNC)cc1. The van der Waals surface area contributed by atoms with Crippen molar-refractivity contribution in [3.8, 4) is 0 Å². The molecule has 0 aliphatic heterocycles. The molecule has 0 saturated heterocycles. The Labute approximate surface area is 568 Å². The summed E-state index contributed by atoms with van der Waals surface area (Å²) in [4.78, 5) is 96.2. The molecule has 0 fully saturated rings. The summed E-state index contributed by atoms with van der Waals surface area (Å²) >= 11 is 0. The third kappa shape index (κ3) is 33.9. The van der Waals surface area contributed by atoms with Crippen LogP contribution in [0.25, 0.3) is 0 Å². The van der Waals surface area contributed by atoms with Gasteiger partial charge in [0, 0.05) is 170 Å². The molecule has 0 bridgehead atoms. The summed E-state index contributed by atoms with van der Waals surface area (Å²) in [7, 11) is 5.82. The maximum absolute atomic E-state index is 13.2. The third-order valence-corrected chi connectivity index (χ3v) is 15.7. The van der Waals surface area contributed by atoms with Gasteiger partial charge in [0.2, 0.25) is 0 Å². The van der Waals surface area contributed by atoms with Gasteiger partial charge in [-0.1, -0.05) is 124 Å². The first-order valence-corrected chi connectivity index (χ1v) is 34.4. The van der Waals surface area contributed by atoms with Crippen LogP contribution in [0.3, 0.4) is 0 Å². The van der Waals surface area contributed by atoms with E-state index in [4.69, 9.17) is 9.98 Å². The molecular formula is C76H110N14O5. The highest BCUT2D eigenvalue weighted by molar-refractivity contribution is 5.98. The number of carbonyl (C=O) groups is 5. The van der Waals surface area contributed by atoms with Crippen molar-refractivity contribution < 1.29 is 24.0 Å². The third-order valence-electron chi connectivity index (χ3n) is 15.7. The molecule has 5 N–H and O–H groups in total. The van der Waals surface area contributed by atoms with Crippen LogP contribution in [0.4, 0.5) is 0 Å². The van der Waals surface area contributed by atoms with Gasteiger partial charge in [-0.25, -0.2) is 0 Å². The minimum absolute atomic E-state index is 0.0521. The van der Waals surface area contributed by atoms with Gasteiger partial charge in [-0.15, -0.1) is 0 Å². The number of carbonyl (C=O) groups excluding carboxylic acids is 5. The summed E-state index contributed by atoms with van der Waals surface area (Å²) in [6.45, 7) is 26.1. The molecule has 0 spiro atoms. The summed E-state index contributed by atoms with van der Waals surface area (Å²) in [6.07, 6.45) is 13.7. The van der Waals surface area contributed by atoms with Crippen molar-refractivity contribution >= 4 is 60.2 Å². The Morgan fingerprint density at radius 3 is 0.926 bits per heavy atom. The molecular weight excluding hydrogens is 1190 g/mol. The van der Waals surface area contributed by atoms with Crippen LogP contribution in [0.5, 0.6) is 0 Å². The zero-order valence-corrected chi connectivity index (χ0v) is 58.3. The van der Waals surface area contributed by atoms with E-state index < -0.39 is 0 Å². The van der Waals surface area contributed by atoms with E-state index in [9.17, 15) is 24.0 Å². The Morgan fingerprint density at radius 2 is 0.621 bits per heavy atom. The first-order valence-electron chi connectivity index (χ1n) is 34.4. The predicted octanol–water partition coefficient (Wildman–Crippen LogP) is 8.88. The van der Waals surface area contributed by atoms with Gasteiger partial charge in [-0.2, -0.15) is 0 Å². The van der Waals surface area contributed by atoms with Gasteiger partial charge in [0.25, 0.3) is 11.8 Å². The standard InChI is InChI=1S/C74H104N14O5.C2H6/c1-7-9-43-85(44-10-12-71(90)68-28-18-63(19-29-68)57-80-38-50-87(47-35-76-5)49-37-79-56-62-14-24-66(25-15-62)60(3)89)53-41-83-73(92)69-30-20-64(21-31-69)58-81-39-51-88(48-36-77-6)52-40-82-59-65-22-32-70(33-23-65)74(93)84-42-54-86(46-34-75-4)45-11-13-72(91)67-26-16-61(17-27-67)55-78-8-2;1-2/h14-33,55-59,75-77H,7-13,34-54H2,1-6H3,(H,83,92)(H,84,93);1-2H3. The van der Waals surface area contributed by atoms with Gasteiger partial charge in [-0.05, 0) is 126 Å². The van der Waals surface area contributed by atoms with Gasteiger partial charge in [0.1, 0.15) is 0 Å². The maximum atomic E-state index is 13.2. The highest BCUT2D eigenvalue weighted by Gasteiger charge is 2.14. The molecule has 19 heteroatoms. The van der Waals surface area contributed by atoms with Crippen LogP contribution in [0, 0.1) is 0 Å². The van der Waals surface area contributed by atoms with E-state index >= 15 is 0 Å². The number of rotatable bonds is 49. The summed E-state index contributed by atoms with van der Waals surface area (Å²) in [5, 5.41) is 15.8. The lowest BCUT2D eigenvalue weighted by molar-refractivity contribution is 0.0938. The van der Waals surface area contributed by atoms with Crippen LogP contribution >= 0.6 is 0 Å². The predicted molar refractivity (Wildman–Crippen MR) is 396 cm³/mol. The fourth-order valence-corrected chi connectivity index (χ4v) is 10.0. The highest BCUT2D eigenvalue weighted by Crippen LogP contribution is 2.12. The highest BCUT2D eigenvalue weighted by atomic mass is 16.2. The Bertz CT molecular complexity index is 3090. The summed E-state index contributed by atoms with van der Waals surface area (Å²) in [6, 6.07) is 37.8. The maximum Gasteiger partial charge on any atom is 0.251 e. The molecule has 0 unspecified atom stereocenters. The van der Waals surface area contributed by atoms with Gasteiger partial charge < -0.3 is 36.4 Å². The van der Waals surface area contributed by atoms with Crippen LogP contribution in [0.2, 0.25) is 0 Å². The molecule has 514 valence electrons. The summed E-state index contributed by atoms with van der Waals surface area (Å²) < 4.78 is 0. The first-order chi connectivity index (χ1) is 46.4. The van der Waals surface area contributed by atoms with Crippen molar-refractivity contribution in [2.75, 3.05) is 165 Å². The van der Waals surface area contributed by atoms with Gasteiger partial charge in [-0.3, -0.25) is 58.7 Å². The molecule has 0 aliphatic rings. The van der Waals surface area contributed by atoms with Crippen molar-refractivity contribution in [3.05, 3.63) is 177 Å². The van der Waals surface area contributed by atoms with E-state index in [1.165, 1.54) is 0 Å². The lowest BCUT2D eigenvalue weighted by atomic mass is 10.0. The number of nitrogens with one attached hydrogen (secondary N) is 5. The average Bonchev–Trinajstić information content (AvgIpc) is 1.92. The Morgan fingerprint density at radius 1 is 0.347 bits per heavy atom. The summed E-state index contributed by atoms with van der Waals surface area (Å²) in [5.41, 5.74) is 8.05.